The van der Waals surface area contributed by atoms with Gasteiger partial charge < -0.3 is 0 Å². The fourth-order valence-electron chi connectivity index (χ4n) is 0.783. The zero-order chi connectivity index (χ0) is 9.94. The molecular formula is C6H10ClNO2S2. The standard InChI is InChI=1S/C6H10ClNO2S2/c1-3-6(7,8(9)10)4(2)5(11)12/h4H,3H2,1-2H3,(H,11,12). The Bertz CT molecular complexity index is 212. The van der Waals surface area contributed by atoms with E-state index >= 15 is 0 Å². The topological polar surface area (TPSA) is 43.1 Å². The molecule has 0 aromatic heterocycles. The van der Waals surface area contributed by atoms with Crippen molar-refractivity contribution in [2.45, 2.75) is 25.3 Å². The van der Waals surface area contributed by atoms with Crippen LogP contribution in [0.2, 0.25) is 0 Å². The van der Waals surface area contributed by atoms with E-state index in [4.69, 9.17) is 23.8 Å². The number of nitro groups is 1. The van der Waals surface area contributed by atoms with Gasteiger partial charge in [0.05, 0.1) is 10.1 Å². The molecule has 0 N–H and O–H groups in total. The molecular weight excluding hydrogens is 218 g/mol. The van der Waals surface area contributed by atoms with Crippen LogP contribution in [0.4, 0.5) is 0 Å². The van der Waals surface area contributed by atoms with Crippen LogP contribution in [0.1, 0.15) is 20.3 Å². The maximum atomic E-state index is 10.6. The molecule has 0 rings (SSSR count). The van der Waals surface area contributed by atoms with Crippen LogP contribution in [0, 0.1) is 16.0 Å². The molecule has 0 bridgehead atoms. The summed E-state index contributed by atoms with van der Waals surface area (Å²) in [6.07, 6.45) is 0.226. The van der Waals surface area contributed by atoms with Gasteiger partial charge in [0.2, 0.25) is 0 Å². The van der Waals surface area contributed by atoms with Crippen molar-refractivity contribution < 1.29 is 4.92 Å². The second-order valence-electron chi connectivity index (χ2n) is 2.49. The summed E-state index contributed by atoms with van der Waals surface area (Å²) in [5, 5.41) is 10.6. The van der Waals surface area contributed by atoms with Gasteiger partial charge >= 0.3 is 5.00 Å². The largest absolute Gasteiger partial charge is 0.302 e. The van der Waals surface area contributed by atoms with Crippen LogP contribution in [0.5, 0.6) is 0 Å². The molecule has 0 aliphatic carbocycles. The number of thiocarbonyl (C=S) groups is 1. The zero-order valence-corrected chi connectivity index (χ0v) is 9.25. The Labute approximate surface area is 87.0 Å². The molecule has 0 spiro atoms. The summed E-state index contributed by atoms with van der Waals surface area (Å²) in [4.78, 5) is 8.56. The molecule has 0 aliphatic heterocycles. The predicted molar refractivity (Wildman–Crippen MR) is 56.6 cm³/mol. The highest BCUT2D eigenvalue weighted by Crippen LogP contribution is 2.31. The van der Waals surface area contributed by atoms with Crippen LogP contribution in [-0.2, 0) is 0 Å². The third kappa shape index (κ3) is 2.31. The molecule has 0 fully saturated rings. The van der Waals surface area contributed by atoms with Crippen molar-refractivity contribution in [3.8, 4) is 0 Å². The fraction of sp³-hybridized carbons (Fsp3) is 0.833. The van der Waals surface area contributed by atoms with E-state index in [0.29, 0.717) is 0 Å². The van der Waals surface area contributed by atoms with Crippen molar-refractivity contribution in [1.29, 1.82) is 0 Å². The Kier molecular flexibility index (Phi) is 4.44. The highest BCUT2D eigenvalue weighted by atomic mass is 35.5. The smallest absolute Gasteiger partial charge is 0.263 e. The number of alkyl halides is 1. The molecule has 0 heterocycles. The SMILES string of the molecule is CCC(Cl)(C(C)C(=S)S)[N+](=O)[O-]. The molecule has 0 saturated heterocycles. The first-order valence-corrected chi connectivity index (χ1v) is 4.65. The first-order valence-electron chi connectivity index (χ1n) is 3.42. The van der Waals surface area contributed by atoms with Crippen LogP contribution >= 0.6 is 36.4 Å². The second-order valence-corrected chi connectivity index (χ2v) is 4.37. The van der Waals surface area contributed by atoms with Crippen LogP contribution < -0.4 is 0 Å². The Morgan fingerprint density at radius 3 is 2.42 bits per heavy atom. The molecule has 0 aliphatic rings. The minimum absolute atomic E-state index is 0.226. The van der Waals surface area contributed by atoms with Crippen molar-refractivity contribution in [3.05, 3.63) is 10.1 Å². The molecule has 3 nitrogen and oxygen atoms in total. The van der Waals surface area contributed by atoms with Gasteiger partial charge in [-0.3, -0.25) is 10.1 Å². The molecule has 0 aromatic rings. The molecule has 70 valence electrons. The summed E-state index contributed by atoms with van der Waals surface area (Å²) in [5.74, 6) is -0.516. The van der Waals surface area contributed by atoms with Gasteiger partial charge in [0.25, 0.3) is 0 Å². The third-order valence-corrected chi connectivity index (χ3v) is 3.31. The number of thiol groups is 1. The van der Waals surface area contributed by atoms with Gasteiger partial charge in [0.15, 0.2) is 0 Å². The summed E-state index contributed by atoms with van der Waals surface area (Å²) in [6, 6.07) is 0. The van der Waals surface area contributed by atoms with E-state index in [1.165, 1.54) is 0 Å². The molecule has 12 heavy (non-hydrogen) atoms. The lowest BCUT2D eigenvalue weighted by Gasteiger charge is -2.22. The van der Waals surface area contributed by atoms with Crippen molar-refractivity contribution in [3.63, 3.8) is 0 Å². The van der Waals surface area contributed by atoms with Crippen molar-refractivity contribution in [2.24, 2.45) is 5.92 Å². The average Bonchev–Trinajstić information content (AvgIpc) is 2.01. The van der Waals surface area contributed by atoms with Gasteiger partial charge in [0, 0.05) is 11.3 Å². The molecule has 0 aromatic carbocycles. The second kappa shape index (κ2) is 4.39. The number of hydrogen-bond acceptors (Lipinski definition) is 3. The summed E-state index contributed by atoms with van der Waals surface area (Å²) in [6.45, 7) is 3.26. The highest BCUT2D eigenvalue weighted by Gasteiger charge is 2.45. The first-order chi connectivity index (χ1) is 5.36. The fourth-order valence-corrected chi connectivity index (χ4v) is 1.44. The van der Waals surface area contributed by atoms with E-state index in [-0.39, 0.29) is 10.6 Å². The van der Waals surface area contributed by atoms with Crippen LogP contribution in [0.25, 0.3) is 0 Å². The van der Waals surface area contributed by atoms with Crippen LogP contribution in [0.15, 0.2) is 0 Å². The molecule has 2 atom stereocenters. The molecule has 2 unspecified atom stereocenters. The van der Waals surface area contributed by atoms with Crippen molar-refractivity contribution >= 4 is 40.6 Å². The lowest BCUT2D eigenvalue weighted by molar-refractivity contribution is -0.547. The summed E-state index contributed by atoms with van der Waals surface area (Å²) in [5.41, 5.74) is 0. The Morgan fingerprint density at radius 2 is 2.33 bits per heavy atom. The van der Waals surface area contributed by atoms with Gasteiger partial charge in [-0.05, 0) is 18.5 Å². The van der Waals surface area contributed by atoms with Crippen LogP contribution in [0.3, 0.4) is 0 Å². The highest BCUT2D eigenvalue weighted by molar-refractivity contribution is 8.11. The maximum absolute atomic E-state index is 10.6. The van der Waals surface area contributed by atoms with E-state index in [2.05, 4.69) is 12.6 Å². The lowest BCUT2D eigenvalue weighted by atomic mass is 10.0. The monoisotopic (exact) mass is 227 g/mol. The minimum Gasteiger partial charge on any atom is -0.263 e. The maximum Gasteiger partial charge on any atom is 0.302 e. The minimum atomic E-state index is -1.50. The molecule has 6 heteroatoms. The van der Waals surface area contributed by atoms with Gasteiger partial charge in [0.1, 0.15) is 0 Å². The van der Waals surface area contributed by atoms with Crippen molar-refractivity contribution in [2.75, 3.05) is 0 Å². The van der Waals surface area contributed by atoms with Gasteiger partial charge in [-0.25, -0.2) is 0 Å². The lowest BCUT2D eigenvalue weighted by Crippen LogP contribution is -2.40. The van der Waals surface area contributed by atoms with E-state index in [9.17, 15) is 10.1 Å². The van der Waals surface area contributed by atoms with E-state index < -0.39 is 15.8 Å². The van der Waals surface area contributed by atoms with E-state index in [0.717, 1.165) is 0 Å². The molecule has 0 amide bonds. The summed E-state index contributed by atoms with van der Waals surface area (Å²) < 4.78 is 0.267. The third-order valence-electron chi connectivity index (χ3n) is 1.83. The number of hydrogen-bond donors (Lipinski definition) is 1. The zero-order valence-electron chi connectivity index (χ0n) is 6.78. The Hall–Kier alpha value is 0.130. The van der Waals surface area contributed by atoms with Gasteiger partial charge in [-0.15, -0.1) is 12.6 Å². The number of nitrogens with zero attached hydrogens (tertiary/aromatic N) is 1. The quantitative estimate of drug-likeness (QED) is 0.200. The predicted octanol–water partition coefficient (Wildman–Crippen LogP) is 2.50. The van der Waals surface area contributed by atoms with Crippen molar-refractivity contribution in [1.82, 2.24) is 0 Å². The number of halogens is 1. The van der Waals surface area contributed by atoms with Gasteiger partial charge in [-0.1, -0.05) is 19.1 Å². The summed E-state index contributed by atoms with van der Waals surface area (Å²) in [7, 11) is 0. The Balaban J connectivity index is 4.75. The molecule has 0 saturated carbocycles. The normalized spacial score (nSPS) is 18.0. The van der Waals surface area contributed by atoms with Gasteiger partial charge in [-0.2, -0.15) is 0 Å². The van der Waals surface area contributed by atoms with Crippen LogP contribution in [-0.4, -0.2) is 14.1 Å². The Morgan fingerprint density at radius 1 is 1.92 bits per heavy atom. The average molecular weight is 228 g/mol. The summed E-state index contributed by atoms with van der Waals surface area (Å²) >= 11 is 14.4. The molecule has 0 radical (unpaired) electrons. The number of rotatable bonds is 4. The van der Waals surface area contributed by atoms with E-state index in [1.54, 1.807) is 13.8 Å². The van der Waals surface area contributed by atoms with E-state index in [1.807, 2.05) is 0 Å². The first kappa shape index (κ1) is 12.1.